The molecule has 5 nitrogen and oxygen atoms in total. The van der Waals surface area contributed by atoms with Crippen molar-refractivity contribution in [2.75, 3.05) is 25.1 Å². The number of methoxy groups -OCH3 is 1. The van der Waals surface area contributed by atoms with E-state index < -0.39 is 0 Å². The van der Waals surface area contributed by atoms with E-state index in [1.807, 2.05) is 0 Å². The van der Waals surface area contributed by atoms with E-state index in [9.17, 15) is 9.59 Å². The number of ketones is 2. The molecule has 3 rings (SSSR count). The summed E-state index contributed by atoms with van der Waals surface area (Å²) in [6, 6.07) is 1.73. The highest BCUT2D eigenvalue weighted by molar-refractivity contribution is 6.23. The molecule has 21 heavy (non-hydrogen) atoms. The second-order valence-corrected chi connectivity index (χ2v) is 5.66. The Morgan fingerprint density at radius 3 is 2.62 bits per heavy atom. The van der Waals surface area contributed by atoms with Crippen LogP contribution >= 0.6 is 0 Å². The van der Waals surface area contributed by atoms with E-state index in [0.29, 0.717) is 11.1 Å². The SMILES string of the molecule is COC1=CC(=O)c2cc(N3CCC(C)CC3)ncc2C1=O. The van der Waals surface area contributed by atoms with E-state index in [1.54, 1.807) is 6.07 Å². The van der Waals surface area contributed by atoms with Crippen LogP contribution in [0.25, 0.3) is 0 Å². The minimum Gasteiger partial charge on any atom is -0.492 e. The van der Waals surface area contributed by atoms with E-state index in [2.05, 4.69) is 16.8 Å². The standard InChI is InChI=1S/C16H18N2O3/c1-10-3-5-18(6-4-10)15-7-11-12(9-17-15)16(20)14(21-2)8-13(11)19/h7-10H,3-6H2,1-2H3. The highest BCUT2D eigenvalue weighted by Crippen LogP contribution is 2.27. The van der Waals surface area contributed by atoms with Crippen LogP contribution in [0.1, 0.15) is 40.5 Å². The summed E-state index contributed by atoms with van der Waals surface area (Å²) >= 11 is 0. The molecule has 1 aromatic rings. The molecule has 0 saturated carbocycles. The lowest BCUT2D eigenvalue weighted by Crippen LogP contribution is -2.33. The second-order valence-electron chi connectivity index (χ2n) is 5.66. The Morgan fingerprint density at radius 2 is 1.95 bits per heavy atom. The van der Waals surface area contributed by atoms with Crippen LogP contribution in [0.5, 0.6) is 0 Å². The lowest BCUT2D eigenvalue weighted by atomic mass is 9.94. The molecule has 0 spiro atoms. The first kappa shape index (κ1) is 13.8. The summed E-state index contributed by atoms with van der Waals surface area (Å²) < 4.78 is 4.94. The van der Waals surface area contributed by atoms with Gasteiger partial charge in [0.1, 0.15) is 5.82 Å². The summed E-state index contributed by atoms with van der Waals surface area (Å²) in [5, 5.41) is 0. The first-order chi connectivity index (χ1) is 10.1. The van der Waals surface area contributed by atoms with Crippen molar-refractivity contribution in [1.29, 1.82) is 0 Å². The Morgan fingerprint density at radius 1 is 1.24 bits per heavy atom. The number of nitrogens with zero attached hydrogens (tertiary/aromatic N) is 2. The third kappa shape index (κ3) is 2.44. The first-order valence-electron chi connectivity index (χ1n) is 7.20. The van der Waals surface area contributed by atoms with Gasteiger partial charge in [0.25, 0.3) is 0 Å². The predicted molar refractivity (Wildman–Crippen MR) is 78.6 cm³/mol. The Hall–Kier alpha value is -2.17. The summed E-state index contributed by atoms with van der Waals surface area (Å²) in [6.45, 7) is 4.12. The molecule has 0 unspecified atom stereocenters. The lowest BCUT2D eigenvalue weighted by molar-refractivity contribution is 0.0916. The number of hydrogen-bond donors (Lipinski definition) is 0. The Balaban J connectivity index is 1.92. The zero-order valence-corrected chi connectivity index (χ0v) is 12.3. The van der Waals surface area contributed by atoms with E-state index >= 15 is 0 Å². The maximum atomic E-state index is 12.1. The number of ether oxygens (including phenoxy) is 1. The summed E-state index contributed by atoms with van der Waals surface area (Å²) in [5.74, 6) is 1.10. The molecule has 0 bridgehead atoms. The summed E-state index contributed by atoms with van der Waals surface area (Å²) in [6.07, 6.45) is 5.00. The molecule has 2 heterocycles. The third-order valence-corrected chi connectivity index (χ3v) is 4.21. The van der Waals surface area contributed by atoms with Crippen LogP contribution in [-0.2, 0) is 4.74 Å². The summed E-state index contributed by atoms with van der Waals surface area (Å²) in [4.78, 5) is 30.8. The summed E-state index contributed by atoms with van der Waals surface area (Å²) in [7, 11) is 1.39. The number of fused-ring (bicyclic) bond motifs is 1. The largest absolute Gasteiger partial charge is 0.492 e. The Kier molecular flexibility index (Phi) is 3.49. The number of anilines is 1. The third-order valence-electron chi connectivity index (χ3n) is 4.21. The number of hydrogen-bond acceptors (Lipinski definition) is 5. The number of carbonyl (C=O) groups excluding carboxylic acids is 2. The molecule has 0 amide bonds. The highest BCUT2D eigenvalue weighted by atomic mass is 16.5. The Bertz CT molecular complexity index is 628. The van der Waals surface area contributed by atoms with E-state index in [1.165, 1.54) is 19.4 Å². The van der Waals surface area contributed by atoms with Gasteiger partial charge in [-0.15, -0.1) is 0 Å². The van der Waals surface area contributed by atoms with Crippen molar-refractivity contribution in [2.45, 2.75) is 19.8 Å². The summed E-state index contributed by atoms with van der Waals surface area (Å²) in [5.41, 5.74) is 0.748. The number of allylic oxidation sites excluding steroid dienone is 2. The molecule has 5 heteroatoms. The number of piperidine rings is 1. The average molecular weight is 286 g/mol. The lowest BCUT2D eigenvalue weighted by Gasteiger charge is -2.31. The molecule has 1 saturated heterocycles. The number of aromatic nitrogens is 1. The molecule has 0 radical (unpaired) electrons. The van der Waals surface area contributed by atoms with Gasteiger partial charge in [-0.05, 0) is 24.8 Å². The monoisotopic (exact) mass is 286 g/mol. The van der Waals surface area contributed by atoms with Gasteiger partial charge in [-0.25, -0.2) is 4.98 Å². The van der Waals surface area contributed by atoms with Crippen LogP contribution in [0.2, 0.25) is 0 Å². The molecular weight excluding hydrogens is 268 g/mol. The van der Waals surface area contributed by atoms with Gasteiger partial charge in [0, 0.05) is 30.9 Å². The molecule has 0 atom stereocenters. The predicted octanol–water partition coefficient (Wildman–Crippen LogP) is 2.23. The van der Waals surface area contributed by atoms with Crippen LogP contribution in [0.4, 0.5) is 5.82 Å². The van der Waals surface area contributed by atoms with Crippen molar-refractivity contribution in [2.24, 2.45) is 5.92 Å². The number of rotatable bonds is 2. The fourth-order valence-electron chi connectivity index (χ4n) is 2.79. The first-order valence-corrected chi connectivity index (χ1v) is 7.20. The molecular formula is C16H18N2O3. The topological polar surface area (TPSA) is 59.5 Å². The average Bonchev–Trinajstić information content (AvgIpc) is 2.51. The van der Waals surface area contributed by atoms with Crippen molar-refractivity contribution in [1.82, 2.24) is 4.98 Å². The Labute approximate surface area is 123 Å². The fourth-order valence-corrected chi connectivity index (χ4v) is 2.79. The normalized spacial score (nSPS) is 19.3. The molecule has 0 aromatic carbocycles. The minimum absolute atomic E-state index is 0.0776. The van der Waals surface area contributed by atoms with Gasteiger partial charge in [0.05, 0.1) is 12.7 Å². The smallest absolute Gasteiger partial charge is 0.229 e. The molecule has 110 valence electrons. The number of Topliss-reactive ketones (excluding diaryl/α,β-unsaturated/α-hetero) is 1. The van der Waals surface area contributed by atoms with Gasteiger partial charge in [-0.1, -0.05) is 6.92 Å². The molecule has 1 aliphatic heterocycles. The van der Waals surface area contributed by atoms with Crippen LogP contribution in [0, 0.1) is 5.92 Å². The van der Waals surface area contributed by atoms with E-state index in [-0.39, 0.29) is 17.3 Å². The van der Waals surface area contributed by atoms with Gasteiger partial charge in [0.2, 0.25) is 5.78 Å². The fraction of sp³-hybridized carbons (Fsp3) is 0.438. The van der Waals surface area contributed by atoms with E-state index in [4.69, 9.17) is 4.74 Å². The molecule has 2 aliphatic rings. The maximum absolute atomic E-state index is 12.1. The molecule has 1 aromatic heterocycles. The molecule has 1 aliphatic carbocycles. The van der Waals surface area contributed by atoms with Crippen molar-refractivity contribution >= 4 is 17.4 Å². The van der Waals surface area contributed by atoms with Crippen molar-refractivity contribution < 1.29 is 14.3 Å². The van der Waals surface area contributed by atoms with Crippen LogP contribution in [0.3, 0.4) is 0 Å². The van der Waals surface area contributed by atoms with Crippen molar-refractivity contribution in [3.63, 3.8) is 0 Å². The van der Waals surface area contributed by atoms with Gasteiger partial charge in [0.15, 0.2) is 11.5 Å². The number of pyridine rings is 1. The van der Waals surface area contributed by atoms with Crippen molar-refractivity contribution in [3.05, 3.63) is 35.2 Å². The zero-order valence-electron chi connectivity index (χ0n) is 12.3. The van der Waals surface area contributed by atoms with Gasteiger partial charge in [-0.3, -0.25) is 9.59 Å². The van der Waals surface area contributed by atoms with Crippen LogP contribution in [0.15, 0.2) is 24.1 Å². The second kappa shape index (κ2) is 5.31. The molecule has 1 fully saturated rings. The zero-order chi connectivity index (χ0) is 15.0. The maximum Gasteiger partial charge on any atom is 0.229 e. The van der Waals surface area contributed by atoms with Gasteiger partial charge >= 0.3 is 0 Å². The van der Waals surface area contributed by atoms with Crippen LogP contribution < -0.4 is 4.90 Å². The highest BCUT2D eigenvalue weighted by Gasteiger charge is 2.28. The van der Waals surface area contributed by atoms with Crippen molar-refractivity contribution in [3.8, 4) is 0 Å². The van der Waals surface area contributed by atoms with Gasteiger partial charge < -0.3 is 9.64 Å². The molecule has 0 N–H and O–H groups in total. The van der Waals surface area contributed by atoms with Gasteiger partial charge in [-0.2, -0.15) is 0 Å². The quantitative estimate of drug-likeness (QED) is 0.834. The minimum atomic E-state index is -0.279. The number of carbonyl (C=O) groups is 2. The van der Waals surface area contributed by atoms with Crippen LogP contribution in [-0.4, -0.2) is 36.7 Å². The van der Waals surface area contributed by atoms with E-state index in [0.717, 1.165) is 37.7 Å².